The van der Waals surface area contributed by atoms with Gasteiger partial charge in [0, 0.05) is 32.3 Å². The Balaban J connectivity index is 2.09. The van der Waals surface area contributed by atoms with Gasteiger partial charge in [-0.1, -0.05) is 13.0 Å². The molecule has 1 aliphatic heterocycles. The number of carbonyl (C=O) groups excluding carboxylic acids is 1. The van der Waals surface area contributed by atoms with Gasteiger partial charge in [0.15, 0.2) is 10.8 Å². The van der Waals surface area contributed by atoms with E-state index in [0.29, 0.717) is 13.1 Å². The van der Waals surface area contributed by atoms with Crippen molar-refractivity contribution in [2.75, 3.05) is 38.5 Å². The van der Waals surface area contributed by atoms with Gasteiger partial charge in [-0.2, -0.15) is 8.42 Å². The number of benzene rings is 1. The molecular formula is C21H31N5O5S. The Morgan fingerprint density at radius 3 is 2.69 bits per heavy atom. The molecule has 0 bridgehead atoms. The van der Waals surface area contributed by atoms with Crippen LogP contribution in [0.3, 0.4) is 0 Å². The van der Waals surface area contributed by atoms with E-state index >= 15 is 0 Å². The van der Waals surface area contributed by atoms with Crippen molar-refractivity contribution in [2.24, 2.45) is 13.0 Å². The average Bonchev–Trinajstić information content (AvgIpc) is 3.17. The van der Waals surface area contributed by atoms with Gasteiger partial charge in [0.25, 0.3) is 15.9 Å². The molecule has 2 N–H and O–H groups in total. The summed E-state index contributed by atoms with van der Waals surface area (Å²) in [6.45, 7) is 4.55. The fourth-order valence-electron chi connectivity index (χ4n) is 3.63. The van der Waals surface area contributed by atoms with Crippen LogP contribution in [0.1, 0.15) is 24.2 Å². The molecule has 0 saturated carbocycles. The van der Waals surface area contributed by atoms with Gasteiger partial charge in [-0.15, -0.1) is 0 Å². The summed E-state index contributed by atoms with van der Waals surface area (Å²) in [7, 11) is 1.53. The SMILES string of the molecule is C[C@H](CO)N1C[C@H](C)[C@@H](CN(C)C)Oc2c(NS(=O)(=O)c3cn(C)cn3)cccc2C1=O. The maximum atomic E-state index is 13.4. The number of carbonyl (C=O) groups is 1. The van der Waals surface area contributed by atoms with Gasteiger partial charge < -0.3 is 24.2 Å². The summed E-state index contributed by atoms with van der Waals surface area (Å²) in [5.41, 5.74) is 0.401. The predicted molar refractivity (Wildman–Crippen MR) is 120 cm³/mol. The molecule has 1 amide bonds. The van der Waals surface area contributed by atoms with Crippen molar-refractivity contribution < 1.29 is 23.1 Å². The smallest absolute Gasteiger partial charge is 0.281 e. The number of fused-ring (bicyclic) bond motifs is 1. The molecule has 0 saturated heterocycles. The van der Waals surface area contributed by atoms with Gasteiger partial charge >= 0.3 is 0 Å². The Bertz CT molecular complexity index is 1070. The van der Waals surface area contributed by atoms with E-state index in [0.717, 1.165) is 0 Å². The Labute approximate surface area is 188 Å². The van der Waals surface area contributed by atoms with E-state index in [4.69, 9.17) is 4.74 Å². The van der Waals surface area contributed by atoms with Crippen LogP contribution in [0.2, 0.25) is 0 Å². The minimum absolute atomic E-state index is 0.0658. The number of hydrogen-bond donors (Lipinski definition) is 2. The summed E-state index contributed by atoms with van der Waals surface area (Å²) in [6, 6.07) is 4.37. The van der Waals surface area contributed by atoms with Gasteiger partial charge in [-0.3, -0.25) is 9.52 Å². The number of amides is 1. The number of para-hydroxylation sites is 1. The van der Waals surface area contributed by atoms with Crippen LogP contribution in [0.4, 0.5) is 5.69 Å². The summed E-state index contributed by atoms with van der Waals surface area (Å²) >= 11 is 0. The Morgan fingerprint density at radius 1 is 1.38 bits per heavy atom. The second-order valence-corrected chi connectivity index (χ2v) is 10.2. The first-order valence-electron chi connectivity index (χ1n) is 10.4. The first-order valence-corrected chi connectivity index (χ1v) is 11.9. The van der Waals surface area contributed by atoms with Gasteiger partial charge in [-0.05, 0) is 33.2 Å². The van der Waals surface area contributed by atoms with Crippen molar-refractivity contribution in [1.29, 1.82) is 0 Å². The highest BCUT2D eigenvalue weighted by atomic mass is 32.2. The van der Waals surface area contributed by atoms with E-state index in [-0.39, 0.29) is 46.6 Å². The molecule has 0 radical (unpaired) electrons. The van der Waals surface area contributed by atoms with E-state index in [1.807, 2.05) is 25.9 Å². The highest BCUT2D eigenvalue weighted by molar-refractivity contribution is 7.92. The van der Waals surface area contributed by atoms with Crippen LogP contribution in [0.25, 0.3) is 0 Å². The number of sulfonamides is 1. The second kappa shape index (κ2) is 9.47. The molecule has 1 aliphatic rings. The van der Waals surface area contributed by atoms with Crippen molar-refractivity contribution in [3.63, 3.8) is 0 Å². The third-order valence-electron chi connectivity index (χ3n) is 5.44. The van der Waals surface area contributed by atoms with Crippen LogP contribution in [0.5, 0.6) is 5.75 Å². The van der Waals surface area contributed by atoms with Crippen LogP contribution in [0, 0.1) is 5.92 Å². The molecule has 11 heteroatoms. The van der Waals surface area contributed by atoms with Crippen LogP contribution in [-0.4, -0.2) is 84.7 Å². The molecular weight excluding hydrogens is 434 g/mol. The molecule has 2 aromatic rings. The Hall–Kier alpha value is -2.63. The standard InChI is InChI=1S/C21H31N5O5S/c1-14-9-26(15(2)12-27)21(28)16-7-6-8-17(20(16)31-18(14)10-24(3)4)23-32(29,30)19-11-25(5)13-22-19/h6-8,11,13-15,18,23,27H,9-10,12H2,1-5H3/t14-,15+,18+/m0/s1. The van der Waals surface area contributed by atoms with Gasteiger partial charge in [0.05, 0.1) is 30.2 Å². The maximum absolute atomic E-state index is 13.4. The molecule has 3 rings (SSSR count). The topological polar surface area (TPSA) is 117 Å². The molecule has 3 atom stereocenters. The number of aromatic nitrogens is 2. The average molecular weight is 466 g/mol. The minimum Gasteiger partial charge on any atom is -0.486 e. The molecule has 0 unspecified atom stereocenters. The lowest BCUT2D eigenvalue weighted by molar-refractivity contribution is 0.0366. The number of rotatable bonds is 7. The molecule has 10 nitrogen and oxygen atoms in total. The number of anilines is 1. The molecule has 1 aromatic heterocycles. The zero-order chi connectivity index (χ0) is 23.6. The quantitative estimate of drug-likeness (QED) is 0.627. The third kappa shape index (κ3) is 5.05. The van der Waals surface area contributed by atoms with Gasteiger partial charge in [-0.25, -0.2) is 4.98 Å². The molecule has 176 valence electrons. The number of aryl methyl sites for hydroxylation is 1. The minimum atomic E-state index is -3.99. The Morgan fingerprint density at radius 2 is 2.09 bits per heavy atom. The highest BCUT2D eigenvalue weighted by Crippen LogP contribution is 2.35. The largest absolute Gasteiger partial charge is 0.486 e. The number of ether oxygens (including phenoxy) is 1. The summed E-state index contributed by atoms with van der Waals surface area (Å²) in [5.74, 6) is -0.218. The van der Waals surface area contributed by atoms with Crippen molar-refractivity contribution in [3.8, 4) is 5.75 Å². The predicted octanol–water partition coefficient (Wildman–Crippen LogP) is 1.00. The van der Waals surface area contributed by atoms with Crippen molar-refractivity contribution >= 4 is 21.6 Å². The fraction of sp³-hybridized carbons (Fsp3) is 0.524. The molecule has 2 heterocycles. The van der Waals surface area contributed by atoms with Gasteiger partial charge in [0.1, 0.15) is 6.10 Å². The van der Waals surface area contributed by atoms with Gasteiger partial charge in [0.2, 0.25) is 0 Å². The van der Waals surface area contributed by atoms with Crippen LogP contribution in [0.15, 0.2) is 35.7 Å². The summed E-state index contributed by atoms with van der Waals surface area (Å²) in [5, 5.41) is 9.58. The number of nitrogens with one attached hydrogen (secondary N) is 1. The lowest BCUT2D eigenvalue weighted by atomic mass is 9.99. The molecule has 1 aromatic carbocycles. The van der Waals surface area contributed by atoms with Crippen LogP contribution >= 0.6 is 0 Å². The lowest BCUT2D eigenvalue weighted by Crippen LogP contribution is -2.49. The normalized spacial score (nSPS) is 20.3. The molecule has 32 heavy (non-hydrogen) atoms. The molecule has 0 aliphatic carbocycles. The number of likely N-dealkylation sites (N-methyl/N-ethyl adjacent to an activating group) is 1. The number of aliphatic hydroxyl groups excluding tert-OH is 1. The first-order chi connectivity index (χ1) is 15.0. The zero-order valence-electron chi connectivity index (χ0n) is 19.0. The molecule has 0 fully saturated rings. The van der Waals surface area contributed by atoms with E-state index in [1.54, 1.807) is 37.1 Å². The van der Waals surface area contributed by atoms with Crippen molar-refractivity contribution in [3.05, 3.63) is 36.3 Å². The molecule has 0 spiro atoms. The third-order valence-corrected chi connectivity index (χ3v) is 6.69. The van der Waals surface area contributed by atoms with Crippen molar-refractivity contribution in [1.82, 2.24) is 19.4 Å². The van der Waals surface area contributed by atoms with Crippen LogP contribution < -0.4 is 9.46 Å². The fourth-order valence-corrected chi connectivity index (χ4v) is 4.67. The van der Waals surface area contributed by atoms with E-state index in [2.05, 4.69) is 9.71 Å². The zero-order valence-corrected chi connectivity index (χ0v) is 19.8. The Kier molecular flexibility index (Phi) is 7.11. The van der Waals surface area contributed by atoms with Crippen molar-refractivity contribution in [2.45, 2.75) is 31.0 Å². The summed E-state index contributed by atoms with van der Waals surface area (Å²) < 4.78 is 36.2. The van der Waals surface area contributed by atoms with Crippen LogP contribution in [-0.2, 0) is 17.1 Å². The summed E-state index contributed by atoms with van der Waals surface area (Å²) in [4.78, 5) is 20.9. The van der Waals surface area contributed by atoms with E-state index in [1.165, 1.54) is 17.1 Å². The first kappa shape index (κ1) is 24.0. The maximum Gasteiger partial charge on any atom is 0.281 e. The number of hydrogen-bond acceptors (Lipinski definition) is 7. The number of imidazole rings is 1. The number of aliphatic hydroxyl groups is 1. The van der Waals surface area contributed by atoms with E-state index < -0.39 is 16.1 Å². The second-order valence-electron chi connectivity index (χ2n) is 8.55. The van der Waals surface area contributed by atoms with E-state index in [9.17, 15) is 18.3 Å². The highest BCUT2D eigenvalue weighted by Gasteiger charge is 2.34. The lowest BCUT2D eigenvalue weighted by Gasteiger charge is -2.38. The summed E-state index contributed by atoms with van der Waals surface area (Å²) in [6.07, 6.45) is 2.47. The monoisotopic (exact) mass is 465 g/mol. The number of nitrogens with zero attached hydrogens (tertiary/aromatic N) is 4.